The molecule has 0 rings (SSSR count). The summed E-state index contributed by atoms with van der Waals surface area (Å²) in [5, 5.41) is 13.9. The van der Waals surface area contributed by atoms with E-state index in [-0.39, 0.29) is 19.1 Å². The molecule has 0 aliphatic carbocycles. The summed E-state index contributed by atoms with van der Waals surface area (Å²) >= 11 is 0. The third kappa shape index (κ3) is 58.4. The lowest BCUT2D eigenvalue weighted by molar-refractivity contribution is -0.870. The minimum atomic E-state index is -4.36. The molecule has 0 aromatic rings. The van der Waals surface area contributed by atoms with E-state index in [0.717, 1.165) is 44.9 Å². The molecular weight excluding hydrogens is 936 g/mol. The highest BCUT2D eigenvalue weighted by atomic mass is 31.2. The highest BCUT2D eigenvalue weighted by Crippen LogP contribution is 2.43. The number of carbonyl (C=O) groups excluding carboxylic acids is 1. The molecule has 3 unspecified atom stereocenters. The predicted octanol–water partition coefficient (Wildman–Crippen LogP) is 20.1. The van der Waals surface area contributed by atoms with Crippen LogP contribution in [-0.4, -0.2) is 73.4 Å². The van der Waals surface area contributed by atoms with Gasteiger partial charge in [0, 0.05) is 6.42 Å². The second-order valence-corrected chi connectivity index (χ2v) is 24.9. The van der Waals surface area contributed by atoms with Gasteiger partial charge in [-0.25, -0.2) is 4.57 Å². The number of aliphatic hydroxyl groups excluding tert-OH is 1. The van der Waals surface area contributed by atoms with Gasteiger partial charge in [-0.05, 0) is 44.9 Å². The molecule has 0 bridgehead atoms. The molecule has 0 radical (unpaired) electrons. The molecule has 0 spiro atoms. The van der Waals surface area contributed by atoms with Crippen LogP contribution < -0.4 is 5.32 Å². The van der Waals surface area contributed by atoms with Gasteiger partial charge in [-0.3, -0.25) is 13.8 Å². The number of nitrogens with zero attached hydrogens (tertiary/aromatic N) is 1. The summed E-state index contributed by atoms with van der Waals surface area (Å²) in [7, 11) is 1.56. The SMILES string of the molecule is CCCCCCCCCCCCC/C=C/CC/C=C/CC/C=C/C(O)C(COP(=O)(O)OCC[N+](C)(C)C)NC(=O)CCCCCCCCCCCCCCCCCCCCCCCCCCCCCCCCC. The van der Waals surface area contributed by atoms with Crippen LogP contribution in [0.2, 0.25) is 0 Å². The summed E-state index contributed by atoms with van der Waals surface area (Å²) in [5.74, 6) is -0.184. The quantitative estimate of drug-likeness (QED) is 0.0243. The highest BCUT2D eigenvalue weighted by molar-refractivity contribution is 7.47. The smallest absolute Gasteiger partial charge is 0.387 e. The maximum atomic E-state index is 13.0. The van der Waals surface area contributed by atoms with E-state index in [2.05, 4.69) is 43.5 Å². The predicted molar refractivity (Wildman–Crippen MR) is 323 cm³/mol. The van der Waals surface area contributed by atoms with Crippen molar-refractivity contribution in [3.8, 4) is 0 Å². The van der Waals surface area contributed by atoms with Gasteiger partial charge in [-0.1, -0.05) is 307 Å². The van der Waals surface area contributed by atoms with Crippen molar-refractivity contribution in [3.05, 3.63) is 36.5 Å². The summed E-state index contributed by atoms with van der Waals surface area (Å²) < 4.78 is 23.7. The molecule has 0 aromatic carbocycles. The molecule has 3 atom stereocenters. The van der Waals surface area contributed by atoms with Crippen molar-refractivity contribution < 1.29 is 32.9 Å². The largest absolute Gasteiger partial charge is 0.472 e. The van der Waals surface area contributed by atoms with Crippen molar-refractivity contribution in [3.63, 3.8) is 0 Å². The minimum absolute atomic E-state index is 0.0553. The Morgan fingerprint density at radius 1 is 0.446 bits per heavy atom. The van der Waals surface area contributed by atoms with Gasteiger partial charge in [-0.2, -0.15) is 0 Å². The number of rotatable bonds is 60. The van der Waals surface area contributed by atoms with Gasteiger partial charge in [0.2, 0.25) is 5.91 Å². The number of quaternary nitrogens is 1. The van der Waals surface area contributed by atoms with Gasteiger partial charge in [0.15, 0.2) is 0 Å². The molecule has 9 heteroatoms. The Hall–Kier alpha value is -1.28. The zero-order valence-electron chi connectivity index (χ0n) is 50.1. The highest BCUT2D eigenvalue weighted by Gasteiger charge is 2.27. The number of nitrogens with one attached hydrogen (secondary N) is 1. The Bertz CT molecular complexity index is 1300. The number of aliphatic hydroxyl groups is 1. The number of unbranched alkanes of at least 4 members (excludes halogenated alkanes) is 43. The molecule has 438 valence electrons. The summed E-state index contributed by atoms with van der Waals surface area (Å²) in [4.78, 5) is 23.3. The summed E-state index contributed by atoms with van der Waals surface area (Å²) in [6, 6.07) is -0.868. The Morgan fingerprint density at radius 3 is 1.08 bits per heavy atom. The molecule has 0 heterocycles. The lowest BCUT2D eigenvalue weighted by atomic mass is 10.0. The average molecular weight is 1060 g/mol. The standard InChI is InChI=1S/C65H127N2O6P/c1-6-8-10-12-14-16-18-20-22-24-26-28-29-30-31-32-33-34-35-36-37-39-41-43-45-47-49-51-53-55-57-59-65(69)66-63(62-73-74(70,71)72-61-60-67(3,4)5)64(68)58-56-54-52-50-48-46-44-42-40-38-27-25-23-21-19-17-15-13-11-9-7-2/h40,42,48,50,56,58,63-64,68H,6-39,41,43-47,49,51-55,57,59-62H2,1-5H3,(H-,66,69,70,71)/p+1/b42-40+,50-48+,58-56+. The zero-order valence-corrected chi connectivity index (χ0v) is 51.0. The van der Waals surface area contributed by atoms with E-state index in [9.17, 15) is 19.4 Å². The second-order valence-electron chi connectivity index (χ2n) is 23.5. The number of hydrogen-bond acceptors (Lipinski definition) is 5. The Morgan fingerprint density at radius 2 is 0.743 bits per heavy atom. The molecule has 0 saturated heterocycles. The first-order valence-electron chi connectivity index (χ1n) is 32.4. The number of allylic oxidation sites excluding steroid dienone is 5. The van der Waals surface area contributed by atoms with Crippen LogP contribution in [-0.2, 0) is 18.4 Å². The fourth-order valence-corrected chi connectivity index (χ4v) is 10.5. The molecular formula is C65H128N2O6P+. The summed E-state index contributed by atoms with van der Waals surface area (Å²) in [6.07, 6.45) is 74.3. The van der Waals surface area contributed by atoms with Crippen LogP contribution in [0.5, 0.6) is 0 Å². The van der Waals surface area contributed by atoms with Crippen molar-refractivity contribution in [2.75, 3.05) is 40.9 Å². The fraction of sp³-hybridized carbons (Fsp3) is 0.892. The van der Waals surface area contributed by atoms with Crippen LogP contribution in [0.15, 0.2) is 36.5 Å². The first-order valence-corrected chi connectivity index (χ1v) is 33.9. The Labute approximate surface area is 461 Å². The fourth-order valence-electron chi connectivity index (χ4n) is 9.78. The third-order valence-corrected chi connectivity index (χ3v) is 15.8. The zero-order chi connectivity index (χ0) is 54.2. The first kappa shape index (κ1) is 72.7. The number of carbonyl (C=O) groups is 1. The van der Waals surface area contributed by atoms with E-state index < -0.39 is 20.0 Å². The molecule has 1 amide bonds. The number of amides is 1. The number of phosphoric ester groups is 1. The minimum Gasteiger partial charge on any atom is -0.387 e. The normalized spacial score (nSPS) is 14.0. The lowest BCUT2D eigenvalue weighted by Crippen LogP contribution is -2.45. The first-order chi connectivity index (χ1) is 36.0. The van der Waals surface area contributed by atoms with E-state index >= 15 is 0 Å². The Balaban J connectivity index is 4.10. The van der Waals surface area contributed by atoms with E-state index in [4.69, 9.17) is 9.05 Å². The average Bonchev–Trinajstić information content (AvgIpc) is 3.36. The number of phosphoric acid groups is 1. The van der Waals surface area contributed by atoms with Gasteiger partial charge in [0.25, 0.3) is 0 Å². The van der Waals surface area contributed by atoms with Gasteiger partial charge in [0.1, 0.15) is 13.2 Å². The van der Waals surface area contributed by atoms with Crippen molar-refractivity contribution in [1.29, 1.82) is 0 Å². The molecule has 0 aromatic heterocycles. The molecule has 0 fully saturated rings. The number of hydrogen-bond donors (Lipinski definition) is 3. The monoisotopic (exact) mass is 1060 g/mol. The van der Waals surface area contributed by atoms with Crippen LogP contribution in [0.4, 0.5) is 0 Å². The maximum Gasteiger partial charge on any atom is 0.472 e. The molecule has 0 aliphatic rings. The van der Waals surface area contributed by atoms with Crippen LogP contribution in [0.25, 0.3) is 0 Å². The Kier molecular flexibility index (Phi) is 55.5. The van der Waals surface area contributed by atoms with Crippen molar-refractivity contribution >= 4 is 13.7 Å². The van der Waals surface area contributed by atoms with Crippen LogP contribution >= 0.6 is 7.82 Å². The van der Waals surface area contributed by atoms with E-state index in [1.807, 2.05) is 27.2 Å². The van der Waals surface area contributed by atoms with Crippen molar-refractivity contribution in [2.24, 2.45) is 0 Å². The molecule has 0 aliphatic heterocycles. The lowest BCUT2D eigenvalue weighted by Gasteiger charge is -2.25. The van der Waals surface area contributed by atoms with Crippen molar-refractivity contribution in [1.82, 2.24) is 5.32 Å². The van der Waals surface area contributed by atoms with Gasteiger partial charge in [0.05, 0.1) is 39.9 Å². The van der Waals surface area contributed by atoms with E-state index in [1.54, 1.807) is 6.08 Å². The van der Waals surface area contributed by atoms with E-state index in [0.29, 0.717) is 17.4 Å². The molecule has 3 N–H and O–H groups in total. The summed E-state index contributed by atoms with van der Waals surface area (Å²) in [6.45, 7) is 4.83. The van der Waals surface area contributed by atoms with Gasteiger partial charge in [-0.15, -0.1) is 0 Å². The molecule has 74 heavy (non-hydrogen) atoms. The summed E-state index contributed by atoms with van der Waals surface area (Å²) in [5.41, 5.74) is 0. The second kappa shape index (κ2) is 56.4. The van der Waals surface area contributed by atoms with Crippen LogP contribution in [0.3, 0.4) is 0 Å². The third-order valence-electron chi connectivity index (χ3n) is 14.8. The van der Waals surface area contributed by atoms with Crippen LogP contribution in [0.1, 0.15) is 322 Å². The van der Waals surface area contributed by atoms with Gasteiger partial charge < -0.3 is 19.8 Å². The van der Waals surface area contributed by atoms with Gasteiger partial charge >= 0.3 is 7.82 Å². The molecule has 8 nitrogen and oxygen atoms in total. The van der Waals surface area contributed by atoms with E-state index in [1.165, 1.54) is 257 Å². The van der Waals surface area contributed by atoms with Crippen molar-refractivity contribution in [2.45, 2.75) is 334 Å². The van der Waals surface area contributed by atoms with Crippen LogP contribution in [0, 0.1) is 0 Å². The topological polar surface area (TPSA) is 105 Å². The molecule has 0 saturated carbocycles. The number of likely N-dealkylation sites (N-methyl/N-ethyl adjacent to an activating group) is 1. The maximum absolute atomic E-state index is 13.0.